The molecule has 0 saturated carbocycles. The van der Waals surface area contributed by atoms with E-state index < -0.39 is 32.3 Å². The molecule has 0 amide bonds. The van der Waals surface area contributed by atoms with Gasteiger partial charge in [0.05, 0.1) is 0 Å². The van der Waals surface area contributed by atoms with Crippen molar-refractivity contribution < 1.29 is 28.2 Å². The molecule has 2 aromatic rings. The highest BCUT2D eigenvalue weighted by atomic mass is 32.2. The highest BCUT2D eigenvalue weighted by molar-refractivity contribution is 7.93. The molecule has 6 nitrogen and oxygen atoms in total. The van der Waals surface area contributed by atoms with Crippen molar-refractivity contribution >= 4 is 21.8 Å². The Hall–Kier alpha value is -2.67. The quantitative estimate of drug-likeness (QED) is 0.837. The van der Waals surface area contributed by atoms with Gasteiger partial charge in [-0.3, -0.25) is 9.59 Å². The Morgan fingerprint density at radius 2 is 1.00 bits per heavy atom. The molecular weight excluding hydrogens is 320 g/mol. The average molecular weight is 334 g/mol. The third kappa shape index (κ3) is 3.40. The van der Waals surface area contributed by atoms with Crippen molar-refractivity contribution in [3.05, 3.63) is 71.8 Å². The second-order valence-electron chi connectivity index (χ2n) is 4.85. The van der Waals surface area contributed by atoms with Crippen molar-refractivity contribution in [2.24, 2.45) is 0 Å². The zero-order chi connectivity index (χ0) is 17.0. The van der Waals surface area contributed by atoms with Crippen LogP contribution in [0.2, 0.25) is 0 Å². The van der Waals surface area contributed by atoms with E-state index in [9.17, 15) is 28.2 Å². The van der Waals surface area contributed by atoms with E-state index in [1.165, 1.54) is 48.5 Å². The van der Waals surface area contributed by atoms with Gasteiger partial charge < -0.3 is 10.2 Å². The molecule has 23 heavy (non-hydrogen) atoms. The molecule has 120 valence electrons. The second kappa shape index (κ2) is 6.62. The van der Waals surface area contributed by atoms with Crippen LogP contribution in [-0.4, -0.2) is 30.6 Å². The lowest BCUT2D eigenvalue weighted by Crippen LogP contribution is -2.31. The summed E-state index contributed by atoms with van der Waals surface area (Å²) in [5, 5.41) is 14.8. The molecule has 2 atom stereocenters. The van der Waals surface area contributed by atoms with E-state index in [1.54, 1.807) is 12.1 Å². The summed E-state index contributed by atoms with van der Waals surface area (Å²) in [6.45, 7) is 0. The monoisotopic (exact) mass is 334 g/mol. The average Bonchev–Trinajstić information content (AvgIpc) is 2.48. The zero-order valence-electron chi connectivity index (χ0n) is 11.9. The first-order valence-electron chi connectivity index (χ1n) is 6.64. The predicted molar refractivity (Wildman–Crippen MR) is 82.6 cm³/mol. The Labute approximate surface area is 132 Å². The van der Waals surface area contributed by atoms with E-state index in [2.05, 4.69) is 0 Å². The van der Waals surface area contributed by atoms with Crippen molar-refractivity contribution in [1.82, 2.24) is 0 Å². The standard InChI is InChI=1S/C16H14O6S/c17-15(18)13(11-7-3-1-4-8-11)23(21,22)14(16(19)20)12-9-5-2-6-10-12/h1-10,13-14H,(H,17,18)(H,19,20)/t13-,14-/m0/s1. The van der Waals surface area contributed by atoms with Crippen molar-refractivity contribution in [3.8, 4) is 0 Å². The lowest BCUT2D eigenvalue weighted by Gasteiger charge is -2.19. The van der Waals surface area contributed by atoms with Crippen LogP contribution in [0.25, 0.3) is 0 Å². The summed E-state index contributed by atoms with van der Waals surface area (Å²) in [7, 11) is -4.57. The third-order valence-corrected chi connectivity index (χ3v) is 5.57. The summed E-state index contributed by atoms with van der Waals surface area (Å²) in [6.07, 6.45) is 0. The number of benzene rings is 2. The fraction of sp³-hybridized carbons (Fsp3) is 0.125. The number of carboxylic acids is 2. The van der Waals surface area contributed by atoms with Gasteiger partial charge in [-0.2, -0.15) is 0 Å². The fourth-order valence-corrected chi connectivity index (χ4v) is 4.24. The molecule has 0 radical (unpaired) electrons. The summed E-state index contributed by atoms with van der Waals surface area (Å²) in [6, 6.07) is 14.6. The Bertz CT molecular complexity index is 735. The SMILES string of the molecule is O=C(O)[C@H](c1ccccc1)S(=O)(=O)[C@H](C(=O)O)c1ccccc1. The number of sulfone groups is 1. The van der Waals surface area contributed by atoms with Crippen LogP contribution in [-0.2, 0) is 19.4 Å². The topological polar surface area (TPSA) is 109 Å². The summed E-state index contributed by atoms with van der Waals surface area (Å²) in [5.41, 5.74) is 0.0318. The van der Waals surface area contributed by atoms with E-state index in [4.69, 9.17) is 0 Å². The maximum Gasteiger partial charge on any atom is 0.326 e. The summed E-state index contributed by atoms with van der Waals surface area (Å²) in [4.78, 5) is 23.1. The lowest BCUT2D eigenvalue weighted by atomic mass is 10.1. The van der Waals surface area contributed by atoms with Crippen LogP contribution in [0.3, 0.4) is 0 Å². The highest BCUT2D eigenvalue weighted by Crippen LogP contribution is 2.34. The molecule has 0 unspecified atom stereocenters. The fourth-order valence-electron chi connectivity index (χ4n) is 2.34. The van der Waals surface area contributed by atoms with Crippen molar-refractivity contribution in [1.29, 1.82) is 0 Å². The molecular formula is C16H14O6S. The summed E-state index contributed by atoms with van der Waals surface area (Å²) in [5.74, 6) is -3.23. The van der Waals surface area contributed by atoms with Crippen molar-refractivity contribution in [2.45, 2.75) is 10.5 Å². The minimum absolute atomic E-state index is 0.0159. The maximum absolute atomic E-state index is 12.8. The van der Waals surface area contributed by atoms with Crippen molar-refractivity contribution in [2.75, 3.05) is 0 Å². The minimum atomic E-state index is -4.57. The molecule has 0 aromatic heterocycles. The molecule has 0 bridgehead atoms. The van der Waals surface area contributed by atoms with E-state index in [-0.39, 0.29) is 11.1 Å². The summed E-state index contributed by atoms with van der Waals surface area (Å²) >= 11 is 0. The van der Waals surface area contributed by atoms with E-state index in [1.807, 2.05) is 0 Å². The van der Waals surface area contributed by atoms with E-state index in [0.29, 0.717) is 0 Å². The molecule has 7 heteroatoms. The number of rotatable bonds is 6. The first-order valence-corrected chi connectivity index (χ1v) is 8.25. The van der Waals surface area contributed by atoms with Crippen LogP contribution in [0, 0.1) is 0 Å². The van der Waals surface area contributed by atoms with Gasteiger partial charge in [0.25, 0.3) is 0 Å². The number of hydrogen-bond acceptors (Lipinski definition) is 4. The van der Waals surface area contributed by atoms with E-state index >= 15 is 0 Å². The van der Waals surface area contributed by atoms with Gasteiger partial charge in [-0.25, -0.2) is 8.42 Å². The van der Waals surface area contributed by atoms with Crippen LogP contribution in [0.15, 0.2) is 60.7 Å². The van der Waals surface area contributed by atoms with Crippen LogP contribution in [0.4, 0.5) is 0 Å². The first-order chi connectivity index (χ1) is 10.9. The van der Waals surface area contributed by atoms with Gasteiger partial charge in [0.1, 0.15) is 0 Å². The number of aliphatic carboxylic acids is 2. The lowest BCUT2D eigenvalue weighted by molar-refractivity contribution is -0.136. The zero-order valence-corrected chi connectivity index (χ0v) is 12.7. The van der Waals surface area contributed by atoms with Crippen molar-refractivity contribution in [3.63, 3.8) is 0 Å². The Balaban J connectivity index is 2.60. The van der Waals surface area contributed by atoms with Gasteiger partial charge in [0, 0.05) is 0 Å². The Kier molecular flexibility index (Phi) is 4.80. The normalized spacial score (nSPS) is 13.9. The van der Waals surface area contributed by atoms with Crippen LogP contribution < -0.4 is 0 Å². The molecule has 0 aliphatic heterocycles. The van der Waals surface area contributed by atoms with Crippen LogP contribution >= 0.6 is 0 Å². The van der Waals surface area contributed by atoms with Gasteiger partial charge in [-0.05, 0) is 11.1 Å². The molecule has 2 rings (SSSR count). The number of carbonyl (C=O) groups is 2. The largest absolute Gasteiger partial charge is 0.480 e. The van der Waals surface area contributed by atoms with Gasteiger partial charge in [0.15, 0.2) is 20.3 Å². The predicted octanol–water partition coefficient (Wildman–Crippen LogP) is 2.05. The molecule has 2 aromatic carbocycles. The first kappa shape index (κ1) is 16.7. The van der Waals surface area contributed by atoms with Crippen LogP contribution in [0.1, 0.15) is 21.6 Å². The molecule has 0 aliphatic carbocycles. The molecule has 0 spiro atoms. The number of hydrogen-bond donors (Lipinski definition) is 2. The van der Waals surface area contributed by atoms with Gasteiger partial charge in [-0.1, -0.05) is 60.7 Å². The van der Waals surface area contributed by atoms with Crippen LogP contribution in [0.5, 0.6) is 0 Å². The summed E-state index contributed by atoms with van der Waals surface area (Å²) < 4.78 is 25.5. The smallest absolute Gasteiger partial charge is 0.326 e. The Morgan fingerprint density at radius 3 is 1.26 bits per heavy atom. The molecule has 2 N–H and O–H groups in total. The molecule has 0 fully saturated rings. The maximum atomic E-state index is 12.8. The molecule has 0 aliphatic rings. The van der Waals surface area contributed by atoms with E-state index in [0.717, 1.165) is 0 Å². The third-order valence-electron chi connectivity index (χ3n) is 3.31. The second-order valence-corrected chi connectivity index (χ2v) is 6.97. The molecule has 0 saturated heterocycles. The highest BCUT2D eigenvalue weighted by Gasteiger charge is 2.44. The number of carboxylic acid groups (broad SMARTS) is 2. The minimum Gasteiger partial charge on any atom is -0.480 e. The van der Waals surface area contributed by atoms with Gasteiger partial charge in [-0.15, -0.1) is 0 Å². The van der Waals surface area contributed by atoms with Gasteiger partial charge >= 0.3 is 11.9 Å². The molecule has 0 heterocycles. The Morgan fingerprint density at radius 1 is 0.696 bits per heavy atom. The van der Waals surface area contributed by atoms with Gasteiger partial charge in [0.2, 0.25) is 0 Å².